The molecular formula is C14H24O6S. The van der Waals surface area contributed by atoms with Gasteiger partial charge in [-0.2, -0.15) is 0 Å². The maximum atomic E-state index is 11.4. The number of carbonyl (C=O) groups is 1. The highest BCUT2D eigenvalue weighted by molar-refractivity contribution is 7.99. The summed E-state index contributed by atoms with van der Waals surface area (Å²) >= 11 is 1.59. The van der Waals surface area contributed by atoms with Crippen molar-refractivity contribution in [3.8, 4) is 0 Å². The lowest BCUT2D eigenvalue weighted by molar-refractivity contribution is -0.352. The van der Waals surface area contributed by atoms with Crippen LogP contribution in [0.2, 0.25) is 0 Å². The first-order valence-corrected chi connectivity index (χ1v) is 8.21. The van der Waals surface area contributed by atoms with E-state index in [1.807, 2.05) is 20.8 Å². The predicted octanol–water partition coefficient (Wildman–Crippen LogP) is 1.56. The summed E-state index contributed by atoms with van der Waals surface area (Å²) in [7, 11) is 1.60. The van der Waals surface area contributed by atoms with Gasteiger partial charge in [0.15, 0.2) is 11.9 Å². The van der Waals surface area contributed by atoms with Gasteiger partial charge in [0.2, 0.25) is 0 Å². The molecule has 21 heavy (non-hydrogen) atoms. The molecule has 2 heterocycles. The molecule has 2 saturated heterocycles. The maximum absolute atomic E-state index is 11.4. The van der Waals surface area contributed by atoms with Gasteiger partial charge >= 0.3 is 5.97 Å². The van der Waals surface area contributed by atoms with E-state index in [0.717, 1.165) is 5.75 Å². The lowest BCUT2D eigenvalue weighted by Crippen LogP contribution is -2.65. The minimum Gasteiger partial charge on any atom is -0.456 e. The summed E-state index contributed by atoms with van der Waals surface area (Å²) < 4.78 is 28.7. The summed E-state index contributed by atoms with van der Waals surface area (Å²) in [4.78, 5) is 11.4. The first-order valence-electron chi connectivity index (χ1n) is 7.16. The number of ether oxygens (including phenoxy) is 5. The monoisotopic (exact) mass is 320 g/mol. The topological polar surface area (TPSA) is 63.2 Å². The summed E-state index contributed by atoms with van der Waals surface area (Å²) in [5, 5.41) is 0. The average Bonchev–Trinajstić information content (AvgIpc) is 2.39. The number of rotatable bonds is 4. The van der Waals surface area contributed by atoms with Gasteiger partial charge in [-0.05, 0) is 19.6 Å². The smallest absolute Gasteiger partial charge is 0.303 e. The Labute approximate surface area is 129 Å². The van der Waals surface area contributed by atoms with Crippen molar-refractivity contribution in [2.75, 3.05) is 19.5 Å². The van der Waals surface area contributed by atoms with Crippen molar-refractivity contribution < 1.29 is 28.5 Å². The molecule has 0 radical (unpaired) electrons. The summed E-state index contributed by atoms with van der Waals surface area (Å²) in [6, 6.07) is 0. The first-order chi connectivity index (χ1) is 9.88. The van der Waals surface area contributed by atoms with E-state index in [4.69, 9.17) is 23.7 Å². The minimum atomic E-state index is -0.702. The number of hydrogen-bond acceptors (Lipinski definition) is 7. The second-order valence-electron chi connectivity index (χ2n) is 5.57. The fourth-order valence-corrected chi connectivity index (χ4v) is 3.63. The van der Waals surface area contributed by atoms with E-state index in [9.17, 15) is 4.79 Å². The van der Waals surface area contributed by atoms with E-state index >= 15 is 0 Å². The van der Waals surface area contributed by atoms with Crippen LogP contribution < -0.4 is 0 Å². The van der Waals surface area contributed by atoms with Gasteiger partial charge in [0.25, 0.3) is 0 Å². The number of carbonyl (C=O) groups excluding carboxylic acids is 1. The largest absolute Gasteiger partial charge is 0.456 e. The number of methoxy groups -OCH3 is 1. The molecule has 0 bridgehead atoms. The van der Waals surface area contributed by atoms with Crippen molar-refractivity contribution in [3.63, 3.8) is 0 Å². The van der Waals surface area contributed by atoms with Gasteiger partial charge in [0.05, 0.1) is 6.61 Å². The van der Waals surface area contributed by atoms with Gasteiger partial charge in [0, 0.05) is 14.0 Å². The van der Waals surface area contributed by atoms with Gasteiger partial charge in [-0.25, -0.2) is 0 Å². The molecule has 0 spiro atoms. The average molecular weight is 320 g/mol. The molecule has 6 nitrogen and oxygen atoms in total. The second-order valence-corrected chi connectivity index (χ2v) is 6.94. The predicted molar refractivity (Wildman–Crippen MR) is 78.0 cm³/mol. The summed E-state index contributed by atoms with van der Waals surface area (Å²) in [6.07, 6.45) is -1.41. The lowest BCUT2D eigenvalue weighted by Gasteiger charge is -2.50. The molecule has 122 valence electrons. The van der Waals surface area contributed by atoms with E-state index in [1.54, 1.807) is 18.9 Å². The highest BCUT2D eigenvalue weighted by atomic mass is 32.2. The van der Waals surface area contributed by atoms with E-state index in [2.05, 4.69) is 0 Å². The Morgan fingerprint density at radius 2 is 2.10 bits per heavy atom. The fourth-order valence-electron chi connectivity index (χ4n) is 2.68. The fraction of sp³-hybridized carbons (Fsp3) is 0.929. The number of esters is 1. The Balaban J connectivity index is 2.21. The molecule has 7 heteroatoms. The number of hydrogen-bond donors (Lipinski definition) is 0. The van der Waals surface area contributed by atoms with Gasteiger partial charge in [-0.15, -0.1) is 11.8 Å². The maximum Gasteiger partial charge on any atom is 0.303 e. The first kappa shape index (κ1) is 17.0. The third-order valence-electron chi connectivity index (χ3n) is 3.51. The van der Waals surface area contributed by atoms with Crippen LogP contribution in [-0.4, -0.2) is 61.1 Å². The quantitative estimate of drug-likeness (QED) is 0.728. The van der Waals surface area contributed by atoms with Gasteiger partial charge in [0.1, 0.15) is 23.7 Å². The van der Waals surface area contributed by atoms with Crippen molar-refractivity contribution in [1.29, 1.82) is 0 Å². The minimum absolute atomic E-state index is 0.223. The van der Waals surface area contributed by atoms with E-state index in [-0.39, 0.29) is 29.7 Å². The Kier molecular flexibility index (Phi) is 5.54. The molecule has 0 aromatic heterocycles. The van der Waals surface area contributed by atoms with Crippen LogP contribution in [-0.2, 0) is 28.5 Å². The van der Waals surface area contributed by atoms with E-state index in [1.165, 1.54) is 6.92 Å². The summed E-state index contributed by atoms with van der Waals surface area (Å²) in [5.74, 6) is -0.201. The zero-order valence-electron chi connectivity index (χ0n) is 13.2. The summed E-state index contributed by atoms with van der Waals surface area (Å²) in [6.45, 7) is 7.56. The normalized spacial score (nSPS) is 38.6. The van der Waals surface area contributed by atoms with Crippen LogP contribution >= 0.6 is 11.8 Å². The van der Waals surface area contributed by atoms with Crippen molar-refractivity contribution in [3.05, 3.63) is 0 Å². The highest BCUT2D eigenvalue weighted by Gasteiger charge is 2.53. The summed E-state index contributed by atoms with van der Waals surface area (Å²) in [5.41, 5.74) is -0.279. The molecule has 0 saturated carbocycles. The van der Waals surface area contributed by atoms with Crippen LogP contribution in [0.5, 0.6) is 0 Å². The molecule has 3 unspecified atom stereocenters. The molecule has 2 fully saturated rings. The van der Waals surface area contributed by atoms with Crippen molar-refractivity contribution in [1.82, 2.24) is 0 Å². The molecule has 0 N–H and O–H groups in total. The van der Waals surface area contributed by atoms with Gasteiger partial charge < -0.3 is 23.7 Å². The SMILES string of the molecule is CCSC1OC2COC(C)(C)O[C@@H]2[C@H](OC)C1OC(C)=O. The lowest BCUT2D eigenvalue weighted by atomic mass is 9.98. The van der Waals surface area contributed by atoms with Crippen LogP contribution in [0.4, 0.5) is 0 Å². The van der Waals surface area contributed by atoms with Crippen LogP contribution in [0.1, 0.15) is 27.7 Å². The van der Waals surface area contributed by atoms with Crippen molar-refractivity contribution in [2.24, 2.45) is 0 Å². The third kappa shape index (κ3) is 3.90. The molecule has 0 amide bonds. The Morgan fingerprint density at radius 3 is 2.67 bits per heavy atom. The molecule has 2 aliphatic rings. The highest BCUT2D eigenvalue weighted by Crippen LogP contribution is 2.37. The number of thioether (sulfide) groups is 1. The Bertz CT molecular complexity index is 374. The van der Waals surface area contributed by atoms with E-state index in [0.29, 0.717) is 6.61 Å². The molecule has 2 aliphatic heterocycles. The zero-order valence-corrected chi connectivity index (χ0v) is 14.0. The third-order valence-corrected chi connectivity index (χ3v) is 4.55. The number of fused-ring (bicyclic) bond motifs is 1. The molecule has 0 aromatic carbocycles. The van der Waals surface area contributed by atoms with Crippen LogP contribution in [0.25, 0.3) is 0 Å². The Morgan fingerprint density at radius 1 is 1.38 bits per heavy atom. The van der Waals surface area contributed by atoms with E-state index < -0.39 is 11.9 Å². The zero-order chi connectivity index (χ0) is 15.6. The van der Waals surface area contributed by atoms with Crippen LogP contribution in [0.15, 0.2) is 0 Å². The van der Waals surface area contributed by atoms with Crippen molar-refractivity contribution in [2.45, 2.75) is 63.3 Å². The van der Waals surface area contributed by atoms with Crippen LogP contribution in [0, 0.1) is 0 Å². The van der Waals surface area contributed by atoms with Crippen LogP contribution in [0.3, 0.4) is 0 Å². The van der Waals surface area contributed by atoms with Gasteiger partial charge in [-0.1, -0.05) is 6.92 Å². The molecule has 0 aromatic rings. The molecule has 2 rings (SSSR count). The van der Waals surface area contributed by atoms with Gasteiger partial charge in [-0.3, -0.25) is 4.79 Å². The Hall–Kier alpha value is -0.340. The molecule has 0 aliphatic carbocycles. The molecule has 5 atom stereocenters. The molecular weight excluding hydrogens is 296 g/mol. The standard InChI is InChI=1S/C14H24O6S/c1-6-21-13-12(18-8(2)15)11(16-5)10-9(19-13)7-17-14(3,4)20-10/h9-13H,6-7H2,1-5H3/t9?,10-,11-,12?,13?/m0/s1. The van der Waals surface area contributed by atoms with Crippen molar-refractivity contribution >= 4 is 17.7 Å². The second kappa shape index (κ2) is 6.83.